The second-order valence-corrected chi connectivity index (χ2v) is 6.83. The van der Waals surface area contributed by atoms with Gasteiger partial charge in [-0.3, -0.25) is 0 Å². The molecule has 0 aliphatic carbocycles. The first-order valence-corrected chi connectivity index (χ1v) is 8.83. The van der Waals surface area contributed by atoms with E-state index in [1.54, 1.807) is 12.1 Å². The van der Waals surface area contributed by atoms with Crippen LogP contribution in [-0.4, -0.2) is 11.9 Å². The molecule has 0 fully saturated rings. The molecule has 0 atom stereocenters. The smallest absolute Gasteiger partial charge is 0.363 e. The third kappa shape index (κ3) is 3.39. The third-order valence-electron chi connectivity index (χ3n) is 3.92. The highest BCUT2D eigenvalue weighted by Gasteiger charge is 2.24. The predicted molar refractivity (Wildman–Crippen MR) is 104 cm³/mol. The molecule has 1 aromatic heterocycles. The number of benzene rings is 2. The second kappa shape index (κ2) is 6.77. The lowest BCUT2D eigenvalue weighted by Gasteiger charge is -1.99. The summed E-state index contributed by atoms with van der Waals surface area (Å²) in [6.45, 7) is 1.98. The molecule has 1 aliphatic heterocycles. The van der Waals surface area contributed by atoms with Crippen molar-refractivity contribution in [2.45, 2.75) is 6.92 Å². The Morgan fingerprint density at radius 1 is 1.00 bits per heavy atom. The Labute approximate surface area is 159 Å². The van der Waals surface area contributed by atoms with Crippen molar-refractivity contribution in [1.82, 2.24) is 0 Å². The molecule has 1 aliphatic rings. The van der Waals surface area contributed by atoms with Gasteiger partial charge >= 0.3 is 5.97 Å². The van der Waals surface area contributed by atoms with Crippen molar-refractivity contribution >= 4 is 33.9 Å². The first kappa shape index (κ1) is 16.5. The SMILES string of the molecule is Cc1cccc(C2=N/C(=C/c3ccc(-c4ccc(Br)cc4)o3)C(=O)O2)c1. The lowest BCUT2D eigenvalue weighted by Crippen LogP contribution is -2.05. The molecule has 5 heteroatoms. The number of nitrogens with zero attached hydrogens (tertiary/aromatic N) is 1. The quantitative estimate of drug-likeness (QED) is 0.433. The zero-order valence-electron chi connectivity index (χ0n) is 13.9. The molecular formula is C21H14BrNO3. The van der Waals surface area contributed by atoms with Crippen molar-refractivity contribution in [2.24, 2.45) is 4.99 Å². The van der Waals surface area contributed by atoms with Gasteiger partial charge in [0.1, 0.15) is 11.5 Å². The monoisotopic (exact) mass is 407 g/mol. The third-order valence-corrected chi connectivity index (χ3v) is 4.45. The van der Waals surface area contributed by atoms with E-state index in [2.05, 4.69) is 20.9 Å². The molecule has 3 aromatic rings. The number of aryl methyl sites for hydroxylation is 1. The molecule has 0 saturated heterocycles. The van der Waals surface area contributed by atoms with E-state index >= 15 is 0 Å². The van der Waals surface area contributed by atoms with Crippen LogP contribution in [0.25, 0.3) is 17.4 Å². The van der Waals surface area contributed by atoms with Crippen LogP contribution in [0.5, 0.6) is 0 Å². The van der Waals surface area contributed by atoms with E-state index in [0.29, 0.717) is 11.7 Å². The molecule has 0 N–H and O–H groups in total. The summed E-state index contributed by atoms with van der Waals surface area (Å²) in [5.41, 5.74) is 3.02. The highest BCUT2D eigenvalue weighted by Crippen LogP contribution is 2.26. The molecular weight excluding hydrogens is 394 g/mol. The minimum atomic E-state index is -0.483. The summed E-state index contributed by atoms with van der Waals surface area (Å²) in [6, 6.07) is 19.1. The number of aliphatic imine (C=N–C) groups is 1. The Bertz CT molecular complexity index is 1050. The fourth-order valence-electron chi connectivity index (χ4n) is 2.65. The highest BCUT2D eigenvalue weighted by atomic mass is 79.9. The lowest BCUT2D eigenvalue weighted by molar-refractivity contribution is -0.129. The summed E-state index contributed by atoms with van der Waals surface area (Å²) in [5.74, 6) is 1.09. The number of furan rings is 1. The van der Waals surface area contributed by atoms with Crippen LogP contribution in [0.2, 0.25) is 0 Å². The zero-order chi connectivity index (χ0) is 18.1. The van der Waals surface area contributed by atoms with Crippen molar-refractivity contribution in [1.29, 1.82) is 0 Å². The first-order valence-electron chi connectivity index (χ1n) is 8.04. The Morgan fingerprint density at radius 2 is 1.81 bits per heavy atom. The van der Waals surface area contributed by atoms with E-state index in [4.69, 9.17) is 9.15 Å². The molecule has 0 unspecified atom stereocenters. The van der Waals surface area contributed by atoms with Gasteiger partial charge in [0.25, 0.3) is 0 Å². The van der Waals surface area contributed by atoms with Crippen LogP contribution in [0.4, 0.5) is 0 Å². The van der Waals surface area contributed by atoms with Gasteiger partial charge in [0.05, 0.1) is 0 Å². The van der Waals surface area contributed by atoms with Gasteiger partial charge in [0.2, 0.25) is 5.90 Å². The zero-order valence-corrected chi connectivity index (χ0v) is 15.5. The molecule has 26 heavy (non-hydrogen) atoms. The van der Waals surface area contributed by atoms with Gasteiger partial charge in [0, 0.05) is 21.7 Å². The largest absolute Gasteiger partial charge is 0.457 e. The Hall–Kier alpha value is -2.92. The average Bonchev–Trinajstić information content (AvgIpc) is 3.23. The molecule has 0 bridgehead atoms. The van der Waals surface area contributed by atoms with E-state index in [-0.39, 0.29) is 5.70 Å². The molecule has 4 rings (SSSR count). The Morgan fingerprint density at radius 3 is 2.58 bits per heavy atom. The van der Waals surface area contributed by atoms with Crippen molar-refractivity contribution in [3.63, 3.8) is 0 Å². The fourth-order valence-corrected chi connectivity index (χ4v) is 2.91. The average molecular weight is 408 g/mol. The number of halogens is 1. The van der Waals surface area contributed by atoms with Gasteiger partial charge in [0.15, 0.2) is 5.70 Å². The number of esters is 1. The van der Waals surface area contributed by atoms with Crippen LogP contribution in [0.1, 0.15) is 16.9 Å². The van der Waals surface area contributed by atoms with Crippen LogP contribution in [0.15, 0.2) is 80.2 Å². The van der Waals surface area contributed by atoms with E-state index in [9.17, 15) is 4.79 Å². The van der Waals surface area contributed by atoms with Crippen molar-refractivity contribution in [3.05, 3.63) is 87.7 Å². The fraction of sp³-hybridized carbons (Fsp3) is 0.0476. The van der Waals surface area contributed by atoms with Crippen molar-refractivity contribution < 1.29 is 13.9 Å². The summed E-state index contributed by atoms with van der Waals surface area (Å²) in [7, 11) is 0. The summed E-state index contributed by atoms with van der Waals surface area (Å²) >= 11 is 3.41. The minimum Gasteiger partial charge on any atom is -0.457 e. The van der Waals surface area contributed by atoms with E-state index < -0.39 is 5.97 Å². The standard InChI is InChI=1S/C21H14BrNO3/c1-13-3-2-4-15(11-13)20-23-18(21(24)26-20)12-17-9-10-19(25-17)14-5-7-16(22)8-6-14/h2-12H,1H3/b18-12+. The van der Waals surface area contributed by atoms with Crippen molar-refractivity contribution in [2.75, 3.05) is 0 Å². The Kier molecular flexibility index (Phi) is 4.31. The van der Waals surface area contributed by atoms with Gasteiger partial charge in [-0.05, 0) is 43.3 Å². The number of carbonyl (C=O) groups excluding carboxylic acids is 1. The molecule has 0 amide bonds. The molecule has 0 radical (unpaired) electrons. The van der Waals surface area contributed by atoms with E-state index in [1.807, 2.05) is 61.5 Å². The maximum absolute atomic E-state index is 12.1. The molecule has 4 nitrogen and oxygen atoms in total. The van der Waals surface area contributed by atoms with Gasteiger partial charge in [-0.2, -0.15) is 0 Å². The summed E-state index contributed by atoms with van der Waals surface area (Å²) < 4.78 is 12.1. The van der Waals surface area contributed by atoms with Crippen molar-refractivity contribution in [3.8, 4) is 11.3 Å². The maximum Gasteiger partial charge on any atom is 0.363 e. The normalized spacial score (nSPS) is 15.2. The Balaban J connectivity index is 1.62. The van der Waals surface area contributed by atoms with Crippen LogP contribution in [0.3, 0.4) is 0 Å². The van der Waals surface area contributed by atoms with Crippen LogP contribution in [-0.2, 0) is 9.53 Å². The van der Waals surface area contributed by atoms with Crippen LogP contribution < -0.4 is 0 Å². The summed E-state index contributed by atoms with van der Waals surface area (Å²) in [6.07, 6.45) is 1.59. The number of hydrogen-bond donors (Lipinski definition) is 0. The number of rotatable bonds is 3. The molecule has 128 valence electrons. The highest BCUT2D eigenvalue weighted by molar-refractivity contribution is 9.10. The minimum absolute atomic E-state index is 0.221. The van der Waals surface area contributed by atoms with Gasteiger partial charge in [-0.25, -0.2) is 9.79 Å². The molecule has 2 heterocycles. The second-order valence-electron chi connectivity index (χ2n) is 5.91. The van der Waals surface area contributed by atoms with Gasteiger partial charge in [-0.15, -0.1) is 0 Å². The van der Waals surface area contributed by atoms with Gasteiger partial charge < -0.3 is 9.15 Å². The number of cyclic esters (lactones) is 1. The van der Waals surface area contributed by atoms with E-state index in [1.165, 1.54) is 0 Å². The number of carbonyl (C=O) groups is 1. The van der Waals surface area contributed by atoms with Crippen LogP contribution in [0, 0.1) is 6.92 Å². The topological polar surface area (TPSA) is 51.8 Å². The number of ether oxygens (including phenoxy) is 1. The first-order chi connectivity index (χ1) is 12.6. The lowest BCUT2D eigenvalue weighted by atomic mass is 10.1. The van der Waals surface area contributed by atoms with E-state index in [0.717, 1.165) is 26.9 Å². The number of hydrogen-bond acceptors (Lipinski definition) is 4. The summed E-state index contributed by atoms with van der Waals surface area (Å²) in [5, 5.41) is 0. The van der Waals surface area contributed by atoms with Gasteiger partial charge in [-0.1, -0.05) is 45.8 Å². The van der Waals surface area contributed by atoms with Crippen LogP contribution >= 0.6 is 15.9 Å². The molecule has 0 saturated carbocycles. The molecule has 2 aromatic carbocycles. The maximum atomic E-state index is 12.1. The molecule has 0 spiro atoms. The predicted octanol–water partition coefficient (Wildman–Crippen LogP) is 5.36. The summed E-state index contributed by atoms with van der Waals surface area (Å²) in [4.78, 5) is 16.4.